The fourth-order valence-corrected chi connectivity index (χ4v) is 0.953. The monoisotopic (exact) mass is 128 g/mol. The van der Waals surface area contributed by atoms with Gasteiger partial charge < -0.3 is 5.32 Å². The Balaban J connectivity index is 2.49. The number of thioether (sulfide) groups is 1. The van der Waals surface area contributed by atoms with Crippen LogP contribution in [0.3, 0.4) is 0 Å². The highest BCUT2D eigenvalue weighted by molar-refractivity contribution is 8.13. The summed E-state index contributed by atoms with van der Waals surface area (Å²) in [4.78, 5) is 4.10. The fraction of sp³-hybridized carbons (Fsp3) is 0.400. The zero-order valence-electron chi connectivity index (χ0n) is 4.77. The van der Waals surface area contributed by atoms with Crippen LogP contribution in [0.2, 0.25) is 0 Å². The fourth-order valence-electron chi connectivity index (χ4n) is 0.513. The quantitative estimate of drug-likeness (QED) is 0.522. The van der Waals surface area contributed by atoms with Crippen molar-refractivity contribution in [2.45, 2.75) is 0 Å². The minimum atomic E-state index is 0.746. The molecule has 0 aromatic rings. The van der Waals surface area contributed by atoms with Crippen molar-refractivity contribution in [1.82, 2.24) is 5.32 Å². The van der Waals surface area contributed by atoms with Crippen LogP contribution < -0.4 is 5.32 Å². The van der Waals surface area contributed by atoms with Crippen molar-refractivity contribution >= 4 is 16.9 Å². The second-order valence-electron chi connectivity index (χ2n) is 1.55. The molecule has 1 aliphatic heterocycles. The molecule has 0 aromatic carbocycles. The Labute approximate surface area is 53.1 Å². The molecule has 0 fully saturated rings. The Morgan fingerprint density at radius 2 is 2.62 bits per heavy atom. The zero-order valence-corrected chi connectivity index (χ0v) is 5.59. The molecule has 0 atom stereocenters. The van der Waals surface area contributed by atoms with E-state index in [2.05, 4.69) is 16.9 Å². The van der Waals surface area contributed by atoms with Gasteiger partial charge in [-0.15, -0.1) is 0 Å². The third-order valence-corrected chi connectivity index (χ3v) is 1.51. The van der Waals surface area contributed by atoms with Gasteiger partial charge in [-0.1, -0.05) is 18.3 Å². The highest BCUT2D eigenvalue weighted by Crippen LogP contribution is 2.04. The highest BCUT2D eigenvalue weighted by Gasteiger charge is 2.04. The van der Waals surface area contributed by atoms with Crippen molar-refractivity contribution < 1.29 is 0 Å². The van der Waals surface area contributed by atoms with Gasteiger partial charge in [0.05, 0.1) is 6.54 Å². The molecule has 1 aliphatic rings. The number of rotatable bonds is 0. The molecule has 0 spiro atoms. The van der Waals surface area contributed by atoms with Gasteiger partial charge in [0, 0.05) is 5.70 Å². The Morgan fingerprint density at radius 3 is 2.88 bits per heavy atom. The average molecular weight is 128 g/mol. The number of nitrogens with zero attached hydrogens (tertiary/aromatic N) is 1. The lowest BCUT2D eigenvalue weighted by atomic mass is 10.5. The first-order valence-electron chi connectivity index (χ1n) is 2.36. The molecule has 0 aromatic heterocycles. The molecule has 44 valence electrons. The average Bonchev–Trinajstić information content (AvgIpc) is 2.14. The predicted molar refractivity (Wildman–Crippen MR) is 38.1 cm³/mol. The van der Waals surface area contributed by atoms with Crippen LogP contribution in [0.15, 0.2) is 17.3 Å². The van der Waals surface area contributed by atoms with Crippen LogP contribution in [0.4, 0.5) is 0 Å². The van der Waals surface area contributed by atoms with Crippen LogP contribution in [-0.2, 0) is 0 Å². The summed E-state index contributed by atoms with van der Waals surface area (Å²) in [6, 6.07) is 0. The molecule has 1 rings (SSSR count). The van der Waals surface area contributed by atoms with E-state index in [4.69, 9.17) is 0 Å². The van der Waals surface area contributed by atoms with Crippen LogP contribution in [0, 0.1) is 0 Å². The Kier molecular flexibility index (Phi) is 1.58. The highest BCUT2D eigenvalue weighted by atomic mass is 32.2. The van der Waals surface area contributed by atoms with E-state index in [0.29, 0.717) is 0 Å². The van der Waals surface area contributed by atoms with Crippen molar-refractivity contribution in [3.05, 3.63) is 12.3 Å². The first-order chi connectivity index (χ1) is 3.83. The molecule has 1 N–H and O–H groups in total. The molecule has 2 nitrogen and oxygen atoms in total. The number of nitrogens with one attached hydrogen (secondary N) is 1. The van der Waals surface area contributed by atoms with Crippen LogP contribution in [0.1, 0.15) is 0 Å². The molecule has 0 radical (unpaired) electrons. The van der Waals surface area contributed by atoms with Gasteiger partial charge in [0.15, 0.2) is 5.17 Å². The first kappa shape index (κ1) is 5.69. The van der Waals surface area contributed by atoms with E-state index in [9.17, 15) is 0 Å². The Morgan fingerprint density at radius 1 is 1.88 bits per heavy atom. The van der Waals surface area contributed by atoms with Crippen LogP contribution in [0.25, 0.3) is 0 Å². The first-order valence-corrected chi connectivity index (χ1v) is 3.58. The molecule has 1 heterocycles. The predicted octanol–water partition coefficient (Wildman–Crippen LogP) is 0.822. The third-order valence-electron chi connectivity index (χ3n) is 0.891. The van der Waals surface area contributed by atoms with Crippen molar-refractivity contribution in [2.75, 3.05) is 12.8 Å². The molecular formula is C5H8N2S. The summed E-state index contributed by atoms with van der Waals surface area (Å²) < 4.78 is 0. The lowest BCUT2D eigenvalue weighted by Gasteiger charge is -1.94. The minimum Gasteiger partial charge on any atom is -0.337 e. The molecule has 0 saturated heterocycles. The topological polar surface area (TPSA) is 24.4 Å². The number of aliphatic imine (C=N–C) groups is 1. The molecule has 3 heteroatoms. The molecule has 0 saturated carbocycles. The van der Waals surface area contributed by atoms with E-state index in [1.54, 1.807) is 11.8 Å². The van der Waals surface area contributed by atoms with E-state index in [1.807, 2.05) is 6.26 Å². The van der Waals surface area contributed by atoms with Crippen LogP contribution in [-0.4, -0.2) is 18.0 Å². The largest absolute Gasteiger partial charge is 0.337 e. The maximum absolute atomic E-state index is 4.10. The summed E-state index contributed by atoms with van der Waals surface area (Å²) in [5.74, 6) is 0. The summed E-state index contributed by atoms with van der Waals surface area (Å²) in [5.41, 5.74) is 0.995. The van der Waals surface area contributed by atoms with Crippen molar-refractivity contribution in [3.8, 4) is 0 Å². The van der Waals surface area contributed by atoms with Gasteiger partial charge in [0.1, 0.15) is 0 Å². The molecule has 8 heavy (non-hydrogen) atoms. The van der Waals surface area contributed by atoms with Crippen LogP contribution >= 0.6 is 11.8 Å². The maximum Gasteiger partial charge on any atom is 0.160 e. The number of hydrogen-bond acceptors (Lipinski definition) is 3. The van der Waals surface area contributed by atoms with Gasteiger partial charge in [-0.2, -0.15) is 0 Å². The lowest BCUT2D eigenvalue weighted by molar-refractivity contribution is 1.13. The van der Waals surface area contributed by atoms with E-state index in [-0.39, 0.29) is 0 Å². The van der Waals surface area contributed by atoms with Crippen LogP contribution in [0.5, 0.6) is 0 Å². The van der Waals surface area contributed by atoms with Gasteiger partial charge in [-0.3, -0.25) is 4.99 Å². The molecule has 0 bridgehead atoms. The van der Waals surface area contributed by atoms with Gasteiger partial charge >= 0.3 is 0 Å². The summed E-state index contributed by atoms with van der Waals surface area (Å²) >= 11 is 1.61. The second kappa shape index (κ2) is 2.22. The molecule has 0 unspecified atom stereocenters. The second-order valence-corrected chi connectivity index (χ2v) is 2.35. The van der Waals surface area contributed by atoms with E-state index in [1.165, 1.54) is 0 Å². The van der Waals surface area contributed by atoms with Gasteiger partial charge in [0.2, 0.25) is 0 Å². The summed E-state index contributed by atoms with van der Waals surface area (Å²) in [6.45, 7) is 4.46. The maximum atomic E-state index is 4.10. The summed E-state index contributed by atoms with van der Waals surface area (Å²) in [7, 11) is 0. The Hall–Kier alpha value is -0.440. The zero-order chi connectivity index (χ0) is 5.98. The molecular weight excluding hydrogens is 120 g/mol. The Bertz CT molecular complexity index is 139. The number of amidine groups is 1. The minimum absolute atomic E-state index is 0.746. The van der Waals surface area contributed by atoms with E-state index >= 15 is 0 Å². The third kappa shape index (κ3) is 1.04. The smallest absolute Gasteiger partial charge is 0.160 e. The number of hydrogen-bond donors (Lipinski definition) is 1. The van der Waals surface area contributed by atoms with Gasteiger partial charge in [-0.25, -0.2) is 0 Å². The van der Waals surface area contributed by atoms with E-state index in [0.717, 1.165) is 17.4 Å². The van der Waals surface area contributed by atoms with E-state index < -0.39 is 0 Å². The summed E-state index contributed by atoms with van der Waals surface area (Å²) in [6.07, 6.45) is 1.99. The van der Waals surface area contributed by atoms with Crippen molar-refractivity contribution in [2.24, 2.45) is 4.99 Å². The van der Waals surface area contributed by atoms with Crippen molar-refractivity contribution in [3.63, 3.8) is 0 Å². The molecule has 0 amide bonds. The summed E-state index contributed by atoms with van der Waals surface area (Å²) in [5, 5.41) is 4.00. The SMILES string of the molecule is C=C1CN=C(SC)N1. The lowest BCUT2D eigenvalue weighted by Crippen LogP contribution is -2.11. The normalized spacial score (nSPS) is 18.1. The van der Waals surface area contributed by atoms with Gasteiger partial charge in [0.25, 0.3) is 0 Å². The molecule has 0 aliphatic carbocycles. The van der Waals surface area contributed by atoms with Crippen molar-refractivity contribution in [1.29, 1.82) is 0 Å². The van der Waals surface area contributed by atoms with Gasteiger partial charge in [-0.05, 0) is 6.26 Å². The standard InChI is InChI=1S/C5H8N2S/c1-4-3-6-5(7-4)8-2/h1,3H2,2H3,(H,6,7).